The minimum absolute atomic E-state index is 0.0912. The lowest BCUT2D eigenvalue weighted by Gasteiger charge is -2.29. The molecule has 2 N–H and O–H groups in total. The topological polar surface area (TPSA) is 140 Å². The van der Waals surface area contributed by atoms with Gasteiger partial charge >= 0.3 is 0 Å². The van der Waals surface area contributed by atoms with Crippen molar-refractivity contribution in [2.24, 2.45) is 0 Å². The molecule has 4 heterocycles. The highest BCUT2D eigenvalue weighted by Crippen LogP contribution is 2.34. The minimum Gasteiger partial charge on any atom is -0.493 e. The van der Waals surface area contributed by atoms with Crippen LogP contribution >= 0.6 is 0 Å². The highest BCUT2D eigenvalue weighted by molar-refractivity contribution is 7.89. The summed E-state index contributed by atoms with van der Waals surface area (Å²) in [5.74, 6) is 1.39. The maximum atomic E-state index is 13.2. The first kappa shape index (κ1) is 23.5. The molecule has 2 aliphatic rings. The zero-order chi connectivity index (χ0) is 24.6. The zero-order valence-electron chi connectivity index (χ0n) is 19.5. The van der Waals surface area contributed by atoms with Crippen LogP contribution in [0, 0.1) is 0 Å². The third kappa shape index (κ3) is 4.44. The standard InChI is InChI=1S/C23H27N5O6S/c1-32-19-4-3-16(12-20(19)33-2)35(30,31)28-9-6-14(7-10-28)23-26-21(27-34-23)17-11-15-13-24-8-5-18(15)25-22(17)29/h3-4,11-12,14,24H,5-10,13H2,1-2H3,(H,25,29). The zero-order valence-corrected chi connectivity index (χ0v) is 20.4. The van der Waals surface area contributed by atoms with Gasteiger partial charge in [-0.05, 0) is 36.6 Å². The van der Waals surface area contributed by atoms with Crippen LogP contribution in [-0.2, 0) is 23.0 Å². The third-order valence-electron chi connectivity index (χ3n) is 6.56. The quantitative estimate of drug-likeness (QED) is 0.516. The first-order chi connectivity index (χ1) is 16.9. The highest BCUT2D eigenvalue weighted by atomic mass is 32.2. The van der Waals surface area contributed by atoms with Crippen LogP contribution in [0.4, 0.5) is 0 Å². The van der Waals surface area contributed by atoms with Crippen LogP contribution < -0.4 is 20.3 Å². The normalized spacial score (nSPS) is 17.2. The lowest BCUT2D eigenvalue weighted by molar-refractivity contribution is 0.270. The summed E-state index contributed by atoms with van der Waals surface area (Å²) in [4.78, 5) is 20.1. The summed E-state index contributed by atoms with van der Waals surface area (Å²) < 4.78 is 43.7. The van der Waals surface area contributed by atoms with E-state index < -0.39 is 10.0 Å². The largest absolute Gasteiger partial charge is 0.493 e. The Morgan fingerprint density at radius 2 is 1.89 bits per heavy atom. The molecule has 3 aromatic rings. The SMILES string of the molecule is COc1ccc(S(=O)(=O)N2CCC(c3nc(-c4cc5c([nH]c4=O)CCNC5)no3)CC2)cc1OC. The van der Waals surface area contributed by atoms with Gasteiger partial charge in [0.2, 0.25) is 21.7 Å². The minimum atomic E-state index is -3.70. The molecule has 0 radical (unpaired) electrons. The van der Waals surface area contributed by atoms with Crippen LogP contribution in [-0.4, -0.2) is 61.7 Å². The smallest absolute Gasteiger partial charge is 0.259 e. The van der Waals surface area contributed by atoms with E-state index in [1.54, 1.807) is 6.07 Å². The lowest BCUT2D eigenvalue weighted by atomic mass is 9.98. The van der Waals surface area contributed by atoms with E-state index in [4.69, 9.17) is 14.0 Å². The van der Waals surface area contributed by atoms with Gasteiger partial charge < -0.3 is 24.3 Å². The van der Waals surface area contributed by atoms with Crippen molar-refractivity contribution >= 4 is 10.0 Å². The average Bonchev–Trinajstić information content (AvgIpc) is 3.38. The van der Waals surface area contributed by atoms with Crippen LogP contribution in [0.25, 0.3) is 11.4 Å². The Bertz CT molecular complexity index is 1390. The van der Waals surface area contributed by atoms with Crippen molar-refractivity contribution in [3.05, 3.63) is 51.8 Å². The molecule has 0 spiro atoms. The van der Waals surface area contributed by atoms with Crippen molar-refractivity contribution in [1.82, 2.24) is 24.7 Å². The molecule has 1 saturated heterocycles. The van der Waals surface area contributed by atoms with Crippen molar-refractivity contribution < 1.29 is 22.4 Å². The van der Waals surface area contributed by atoms with E-state index in [1.807, 2.05) is 6.07 Å². The van der Waals surface area contributed by atoms with Crippen LogP contribution in [0.2, 0.25) is 0 Å². The third-order valence-corrected chi connectivity index (χ3v) is 8.46. The first-order valence-corrected chi connectivity index (χ1v) is 12.9. The molecule has 0 atom stereocenters. The van der Waals surface area contributed by atoms with E-state index in [2.05, 4.69) is 20.4 Å². The summed E-state index contributed by atoms with van der Waals surface area (Å²) in [7, 11) is -0.733. The number of H-pyrrole nitrogens is 1. The van der Waals surface area contributed by atoms with Crippen LogP contribution in [0.15, 0.2) is 38.5 Å². The van der Waals surface area contributed by atoms with Gasteiger partial charge in [-0.25, -0.2) is 8.42 Å². The second-order valence-electron chi connectivity index (χ2n) is 8.59. The molecule has 1 aromatic carbocycles. The second-order valence-corrected chi connectivity index (χ2v) is 10.5. The number of benzene rings is 1. The average molecular weight is 502 g/mol. The number of rotatable bonds is 6. The highest BCUT2D eigenvalue weighted by Gasteiger charge is 2.33. The van der Waals surface area contributed by atoms with Crippen LogP contribution in [0.3, 0.4) is 0 Å². The predicted octanol–water partition coefficient (Wildman–Crippen LogP) is 1.66. The molecule has 0 unspecified atom stereocenters. The number of piperidine rings is 1. The number of hydrogen-bond donors (Lipinski definition) is 2. The molecule has 12 heteroatoms. The number of aromatic amines is 1. The summed E-state index contributed by atoms with van der Waals surface area (Å²) in [6.45, 7) is 2.13. The molecule has 0 bridgehead atoms. The Morgan fingerprint density at radius 3 is 2.63 bits per heavy atom. The van der Waals surface area contributed by atoms with E-state index in [-0.39, 0.29) is 22.2 Å². The molecule has 0 aliphatic carbocycles. The van der Waals surface area contributed by atoms with E-state index in [9.17, 15) is 13.2 Å². The van der Waals surface area contributed by atoms with Crippen molar-refractivity contribution in [3.8, 4) is 22.9 Å². The Morgan fingerprint density at radius 1 is 1.11 bits per heavy atom. The summed E-state index contributed by atoms with van der Waals surface area (Å²) in [6.07, 6.45) is 1.82. The molecule has 35 heavy (non-hydrogen) atoms. The number of ether oxygens (including phenoxy) is 2. The maximum absolute atomic E-state index is 13.2. The van der Waals surface area contributed by atoms with Gasteiger partial charge in [-0.15, -0.1) is 0 Å². The number of nitrogens with zero attached hydrogens (tertiary/aromatic N) is 3. The van der Waals surface area contributed by atoms with Crippen LogP contribution in [0.1, 0.15) is 35.9 Å². The number of nitrogens with one attached hydrogen (secondary N) is 2. The molecule has 5 rings (SSSR count). The Kier molecular flexibility index (Phi) is 6.34. The number of aromatic nitrogens is 3. The van der Waals surface area contributed by atoms with Crippen molar-refractivity contribution in [2.75, 3.05) is 33.9 Å². The molecule has 186 valence electrons. The van der Waals surface area contributed by atoms with Gasteiger partial charge in [-0.1, -0.05) is 5.16 Å². The van der Waals surface area contributed by atoms with Gasteiger partial charge in [0.1, 0.15) is 0 Å². The van der Waals surface area contributed by atoms with Gasteiger partial charge in [0.25, 0.3) is 5.56 Å². The molecule has 2 aromatic heterocycles. The summed E-state index contributed by atoms with van der Waals surface area (Å²) in [5, 5.41) is 7.32. The predicted molar refractivity (Wildman–Crippen MR) is 126 cm³/mol. The van der Waals surface area contributed by atoms with E-state index in [1.165, 1.54) is 30.7 Å². The number of fused-ring (bicyclic) bond motifs is 1. The molecule has 2 aliphatic heterocycles. The number of pyridine rings is 1. The molecule has 1 fully saturated rings. The number of methoxy groups -OCH3 is 2. The fourth-order valence-corrected chi connectivity index (χ4v) is 6.06. The van der Waals surface area contributed by atoms with E-state index in [0.717, 1.165) is 24.2 Å². The molecular weight excluding hydrogens is 474 g/mol. The van der Waals surface area contributed by atoms with Gasteiger partial charge in [-0.3, -0.25) is 4.79 Å². The summed E-state index contributed by atoms with van der Waals surface area (Å²) >= 11 is 0. The first-order valence-electron chi connectivity index (χ1n) is 11.4. The summed E-state index contributed by atoms with van der Waals surface area (Å²) in [6, 6.07) is 6.37. The van der Waals surface area contributed by atoms with Crippen molar-refractivity contribution in [1.29, 1.82) is 0 Å². The van der Waals surface area contributed by atoms with Crippen molar-refractivity contribution in [2.45, 2.75) is 36.6 Å². The van der Waals surface area contributed by atoms with E-state index in [0.29, 0.717) is 55.4 Å². The van der Waals surface area contributed by atoms with Gasteiger partial charge in [0.05, 0.1) is 24.7 Å². The lowest BCUT2D eigenvalue weighted by Crippen LogP contribution is -2.38. The van der Waals surface area contributed by atoms with Gasteiger partial charge in [-0.2, -0.15) is 9.29 Å². The molecule has 0 amide bonds. The monoisotopic (exact) mass is 501 g/mol. The second kappa shape index (κ2) is 9.44. The Balaban J connectivity index is 1.30. The maximum Gasteiger partial charge on any atom is 0.259 e. The molecule has 11 nitrogen and oxygen atoms in total. The van der Waals surface area contributed by atoms with Gasteiger partial charge in [0.15, 0.2) is 11.5 Å². The van der Waals surface area contributed by atoms with Gasteiger partial charge in [0, 0.05) is 50.3 Å². The van der Waals surface area contributed by atoms with Crippen molar-refractivity contribution in [3.63, 3.8) is 0 Å². The Hall–Kier alpha value is -3.22. The fourth-order valence-electron chi connectivity index (χ4n) is 4.57. The molecule has 0 saturated carbocycles. The Labute approximate surface area is 202 Å². The number of hydrogen-bond acceptors (Lipinski definition) is 9. The number of sulfonamides is 1. The molecular formula is C23H27N5O6S. The summed E-state index contributed by atoms with van der Waals surface area (Å²) in [5.41, 5.74) is 2.08. The van der Waals surface area contributed by atoms with E-state index >= 15 is 0 Å². The fraction of sp³-hybridized carbons (Fsp3) is 0.435. The van der Waals surface area contributed by atoms with Crippen LogP contribution in [0.5, 0.6) is 11.5 Å².